The van der Waals surface area contributed by atoms with Crippen molar-refractivity contribution in [2.45, 2.75) is 70.1 Å². The Labute approximate surface area is 220 Å². The molecule has 0 saturated carbocycles. The Hall–Kier alpha value is -3.93. The number of nitrogens with one attached hydrogen (secondary N) is 5. The van der Waals surface area contributed by atoms with Gasteiger partial charge in [0.05, 0.1) is 6.04 Å². The molecular weight excluding hydrogens is 492 g/mol. The van der Waals surface area contributed by atoms with Gasteiger partial charge in [-0.3, -0.25) is 19.2 Å². The van der Waals surface area contributed by atoms with Crippen molar-refractivity contribution >= 4 is 40.5 Å². The summed E-state index contributed by atoms with van der Waals surface area (Å²) in [6.07, 6.45) is 3.08. The minimum Gasteiger partial charge on any atom is -0.480 e. The molecule has 1 aliphatic rings. The van der Waals surface area contributed by atoms with Gasteiger partial charge >= 0.3 is 5.97 Å². The topological polar surface area (TPSA) is 196 Å². The zero-order chi connectivity index (χ0) is 27.8. The highest BCUT2D eigenvalue weighted by atomic mass is 16.4. The summed E-state index contributed by atoms with van der Waals surface area (Å²) in [6, 6.07) is 3.78. The van der Waals surface area contributed by atoms with Crippen LogP contribution >= 0.6 is 0 Å². The third kappa shape index (κ3) is 7.54. The first kappa shape index (κ1) is 28.6. The SMILES string of the molecule is CC(C)C(NC(=O)C(Cc1c[nH]c2ccccc12)NC(=O)C1CCCN1)C(=O)NC(CCC(N)=O)C(=O)O. The Balaban J connectivity index is 1.78. The number of carbonyl (C=O) groups excluding carboxylic acids is 4. The second kappa shape index (κ2) is 13.0. The Morgan fingerprint density at radius 3 is 2.42 bits per heavy atom. The fourth-order valence-corrected chi connectivity index (χ4v) is 4.50. The van der Waals surface area contributed by atoms with E-state index >= 15 is 0 Å². The van der Waals surface area contributed by atoms with Crippen LogP contribution in [0.2, 0.25) is 0 Å². The van der Waals surface area contributed by atoms with Gasteiger partial charge in [0.25, 0.3) is 0 Å². The van der Waals surface area contributed by atoms with Crippen molar-refractivity contribution in [3.05, 3.63) is 36.0 Å². The average Bonchev–Trinajstić information content (AvgIpc) is 3.54. The first-order valence-electron chi connectivity index (χ1n) is 12.8. The number of benzene rings is 1. The number of carboxylic acids is 1. The van der Waals surface area contributed by atoms with E-state index < -0.39 is 53.8 Å². The number of hydrogen-bond acceptors (Lipinski definition) is 6. The number of aromatic nitrogens is 1. The minimum absolute atomic E-state index is 0.178. The molecule has 206 valence electrons. The summed E-state index contributed by atoms with van der Waals surface area (Å²) in [5.41, 5.74) is 6.82. The van der Waals surface area contributed by atoms with Crippen molar-refractivity contribution in [2.75, 3.05) is 6.54 Å². The largest absolute Gasteiger partial charge is 0.480 e. The van der Waals surface area contributed by atoms with E-state index in [4.69, 9.17) is 5.73 Å². The summed E-state index contributed by atoms with van der Waals surface area (Å²) in [5, 5.41) is 21.4. The molecule has 1 aliphatic heterocycles. The molecule has 1 saturated heterocycles. The third-order valence-electron chi connectivity index (χ3n) is 6.65. The molecule has 38 heavy (non-hydrogen) atoms. The first-order valence-corrected chi connectivity index (χ1v) is 12.8. The lowest BCUT2D eigenvalue weighted by atomic mass is 9.99. The maximum atomic E-state index is 13.5. The summed E-state index contributed by atoms with van der Waals surface area (Å²) < 4.78 is 0. The van der Waals surface area contributed by atoms with Gasteiger partial charge in [0.1, 0.15) is 18.1 Å². The number of hydrogen-bond donors (Lipinski definition) is 7. The molecule has 12 heteroatoms. The van der Waals surface area contributed by atoms with E-state index in [2.05, 4.69) is 26.3 Å². The number of H-pyrrole nitrogens is 1. The summed E-state index contributed by atoms with van der Waals surface area (Å²) >= 11 is 0. The van der Waals surface area contributed by atoms with Crippen LogP contribution in [0.25, 0.3) is 10.9 Å². The van der Waals surface area contributed by atoms with Gasteiger partial charge in [-0.05, 0) is 43.4 Å². The number of rotatable bonds is 13. The lowest BCUT2D eigenvalue weighted by Crippen LogP contribution is -2.58. The van der Waals surface area contributed by atoms with Gasteiger partial charge in [0.2, 0.25) is 23.6 Å². The molecule has 1 aromatic carbocycles. The van der Waals surface area contributed by atoms with Gasteiger partial charge in [0, 0.05) is 29.9 Å². The molecule has 12 nitrogen and oxygen atoms in total. The van der Waals surface area contributed by atoms with Gasteiger partial charge in [-0.15, -0.1) is 0 Å². The number of para-hydroxylation sites is 1. The van der Waals surface area contributed by atoms with Crippen LogP contribution < -0.4 is 27.0 Å². The summed E-state index contributed by atoms with van der Waals surface area (Å²) in [4.78, 5) is 65.3. The Bertz CT molecular complexity index is 1170. The van der Waals surface area contributed by atoms with Gasteiger partial charge in [-0.25, -0.2) is 4.79 Å². The predicted molar refractivity (Wildman–Crippen MR) is 140 cm³/mol. The van der Waals surface area contributed by atoms with E-state index in [0.717, 1.165) is 22.9 Å². The lowest BCUT2D eigenvalue weighted by molar-refractivity contribution is -0.143. The molecule has 0 aliphatic carbocycles. The van der Waals surface area contributed by atoms with E-state index in [1.54, 1.807) is 20.0 Å². The van der Waals surface area contributed by atoms with Crippen molar-refractivity contribution in [1.29, 1.82) is 0 Å². The molecule has 8 N–H and O–H groups in total. The van der Waals surface area contributed by atoms with Gasteiger partial charge in [-0.1, -0.05) is 32.0 Å². The molecule has 2 heterocycles. The molecule has 3 rings (SSSR count). The van der Waals surface area contributed by atoms with Crippen LogP contribution in [-0.4, -0.2) is 70.4 Å². The van der Waals surface area contributed by atoms with Crippen molar-refractivity contribution < 1.29 is 29.1 Å². The molecule has 1 fully saturated rings. The van der Waals surface area contributed by atoms with E-state index in [1.165, 1.54) is 0 Å². The maximum absolute atomic E-state index is 13.5. The Morgan fingerprint density at radius 2 is 1.79 bits per heavy atom. The normalized spacial score (nSPS) is 17.5. The highest BCUT2D eigenvalue weighted by Gasteiger charge is 2.33. The second-order valence-electron chi connectivity index (χ2n) is 9.91. The number of carboxylic acid groups (broad SMARTS) is 1. The van der Waals surface area contributed by atoms with E-state index in [1.807, 2.05) is 24.3 Å². The van der Waals surface area contributed by atoms with Crippen LogP contribution in [0.1, 0.15) is 45.1 Å². The number of fused-ring (bicyclic) bond motifs is 1. The molecule has 2 aromatic rings. The summed E-state index contributed by atoms with van der Waals surface area (Å²) in [5.74, 6) is -3.98. The van der Waals surface area contributed by atoms with Gasteiger partial charge in [0.15, 0.2) is 0 Å². The number of nitrogens with two attached hydrogens (primary N) is 1. The second-order valence-corrected chi connectivity index (χ2v) is 9.91. The molecule has 1 aromatic heterocycles. The first-order chi connectivity index (χ1) is 18.1. The highest BCUT2D eigenvalue weighted by molar-refractivity contribution is 5.95. The third-order valence-corrected chi connectivity index (χ3v) is 6.65. The van der Waals surface area contributed by atoms with Crippen LogP contribution in [-0.2, 0) is 30.4 Å². The van der Waals surface area contributed by atoms with Crippen LogP contribution in [0.3, 0.4) is 0 Å². The van der Waals surface area contributed by atoms with Crippen LogP contribution in [0, 0.1) is 5.92 Å². The van der Waals surface area contributed by atoms with Crippen molar-refractivity contribution in [2.24, 2.45) is 11.7 Å². The fraction of sp³-hybridized carbons (Fsp3) is 0.500. The standard InChI is InChI=1S/C26H36N6O6/c1-14(2)22(25(36)30-19(26(37)38)9-10-21(27)33)32-24(35)20(31-23(34)18-8-5-11-28-18)12-15-13-29-17-7-4-3-6-16(15)17/h3-4,6-7,13-14,18-20,22,28-29H,5,8-12H2,1-2H3,(H2,27,33)(H,30,36)(H,31,34)(H,32,35)(H,37,38). The fourth-order valence-electron chi connectivity index (χ4n) is 4.50. The quantitative estimate of drug-likeness (QED) is 0.189. The summed E-state index contributed by atoms with van der Waals surface area (Å²) in [7, 11) is 0. The van der Waals surface area contributed by atoms with Crippen LogP contribution in [0.15, 0.2) is 30.5 Å². The average molecular weight is 529 g/mol. The smallest absolute Gasteiger partial charge is 0.326 e. The summed E-state index contributed by atoms with van der Waals surface area (Å²) in [6.45, 7) is 4.13. The number of amides is 4. The molecule has 0 radical (unpaired) electrons. The van der Waals surface area contributed by atoms with Crippen LogP contribution in [0.5, 0.6) is 0 Å². The predicted octanol–water partition coefficient (Wildman–Crippen LogP) is -0.0771. The molecule has 0 bridgehead atoms. The number of aliphatic carboxylic acids is 1. The number of primary amides is 1. The molecular formula is C26H36N6O6. The monoisotopic (exact) mass is 528 g/mol. The minimum atomic E-state index is -1.34. The molecule has 4 unspecified atom stereocenters. The van der Waals surface area contributed by atoms with Gasteiger partial charge in [-0.2, -0.15) is 0 Å². The highest BCUT2D eigenvalue weighted by Crippen LogP contribution is 2.20. The van der Waals surface area contributed by atoms with E-state index in [-0.39, 0.29) is 25.2 Å². The van der Waals surface area contributed by atoms with Gasteiger partial charge < -0.3 is 37.1 Å². The van der Waals surface area contributed by atoms with Crippen molar-refractivity contribution in [3.8, 4) is 0 Å². The molecule has 4 amide bonds. The lowest BCUT2D eigenvalue weighted by Gasteiger charge is -2.27. The van der Waals surface area contributed by atoms with Crippen molar-refractivity contribution in [3.63, 3.8) is 0 Å². The number of carbonyl (C=O) groups is 5. The zero-order valence-corrected chi connectivity index (χ0v) is 21.6. The number of aromatic amines is 1. The molecule has 4 atom stereocenters. The van der Waals surface area contributed by atoms with Crippen molar-refractivity contribution in [1.82, 2.24) is 26.3 Å². The zero-order valence-electron chi connectivity index (χ0n) is 21.6. The molecule has 0 spiro atoms. The van der Waals surface area contributed by atoms with Crippen LogP contribution in [0.4, 0.5) is 0 Å². The maximum Gasteiger partial charge on any atom is 0.326 e. The Kier molecular flexibility index (Phi) is 9.83. The Morgan fingerprint density at radius 1 is 1.05 bits per heavy atom. The van der Waals surface area contributed by atoms with E-state index in [9.17, 15) is 29.1 Å². The van der Waals surface area contributed by atoms with E-state index in [0.29, 0.717) is 13.0 Å².